The molecule has 100 valence electrons. The number of rotatable bonds is 4. The monoisotopic (exact) mass is 275 g/mol. The Bertz CT molecular complexity index is 651. The molecule has 19 heavy (non-hydrogen) atoms. The van der Waals surface area contributed by atoms with Gasteiger partial charge in [-0.25, -0.2) is 13.1 Å². The minimum absolute atomic E-state index is 0.351. The number of benzene rings is 2. The first-order chi connectivity index (χ1) is 8.96. The first-order valence-corrected chi connectivity index (χ1v) is 7.94. The van der Waals surface area contributed by atoms with Crippen LogP contribution in [0.25, 0.3) is 0 Å². The normalized spacial score (nSPS) is 13.2. The molecule has 0 fully saturated rings. The van der Waals surface area contributed by atoms with Crippen molar-refractivity contribution in [3.8, 4) is 0 Å². The van der Waals surface area contributed by atoms with E-state index in [4.69, 9.17) is 0 Å². The van der Waals surface area contributed by atoms with Crippen molar-refractivity contribution in [3.63, 3.8) is 0 Å². The van der Waals surface area contributed by atoms with E-state index in [-0.39, 0.29) is 6.04 Å². The smallest absolute Gasteiger partial charge is 0.209 e. The second-order valence-electron chi connectivity index (χ2n) is 4.65. The van der Waals surface area contributed by atoms with Gasteiger partial charge in [0.2, 0.25) is 10.0 Å². The van der Waals surface area contributed by atoms with Crippen molar-refractivity contribution < 1.29 is 8.42 Å². The standard InChI is InChI=1S/C15H17NO2S/c1-12-7-6-10-14(11-12)15(16-19(2,17)18)13-8-4-3-5-9-13/h3-11,15-16H,1-2H3. The van der Waals surface area contributed by atoms with Gasteiger partial charge in [0, 0.05) is 0 Å². The third-order valence-electron chi connectivity index (χ3n) is 2.84. The summed E-state index contributed by atoms with van der Waals surface area (Å²) in [5.41, 5.74) is 2.98. The van der Waals surface area contributed by atoms with Crippen molar-refractivity contribution in [2.75, 3.05) is 6.26 Å². The van der Waals surface area contributed by atoms with Crippen molar-refractivity contribution in [1.82, 2.24) is 4.72 Å². The third-order valence-corrected chi connectivity index (χ3v) is 3.50. The Morgan fingerprint density at radius 3 is 2.16 bits per heavy atom. The van der Waals surface area contributed by atoms with Crippen LogP contribution >= 0.6 is 0 Å². The molecule has 1 unspecified atom stereocenters. The summed E-state index contributed by atoms with van der Waals surface area (Å²) in [5, 5.41) is 0. The quantitative estimate of drug-likeness (QED) is 0.932. The predicted molar refractivity (Wildman–Crippen MR) is 77.4 cm³/mol. The van der Waals surface area contributed by atoms with Crippen molar-refractivity contribution in [2.24, 2.45) is 0 Å². The molecule has 0 spiro atoms. The summed E-state index contributed by atoms with van der Waals surface area (Å²) in [4.78, 5) is 0. The molecule has 0 bridgehead atoms. The molecule has 1 N–H and O–H groups in total. The van der Waals surface area contributed by atoms with E-state index in [1.807, 2.05) is 61.5 Å². The summed E-state index contributed by atoms with van der Waals surface area (Å²) < 4.78 is 25.8. The molecule has 0 aliphatic rings. The topological polar surface area (TPSA) is 46.2 Å². The molecule has 2 aromatic carbocycles. The molecule has 4 heteroatoms. The van der Waals surface area contributed by atoms with Crippen LogP contribution in [-0.4, -0.2) is 14.7 Å². The van der Waals surface area contributed by atoms with Gasteiger partial charge in [0.25, 0.3) is 0 Å². The van der Waals surface area contributed by atoms with Gasteiger partial charge in [-0.1, -0.05) is 60.2 Å². The maximum Gasteiger partial charge on any atom is 0.209 e. The maximum absolute atomic E-state index is 11.6. The molecular formula is C15H17NO2S. The van der Waals surface area contributed by atoms with E-state index in [1.165, 1.54) is 6.26 Å². The lowest BCUT2D eigenvalue weighted by Gasteiger charge is -2.19. The summed E-state index contributed by atoms with van der Waals surface area (Å²) in [6.45, 7) is 1.99. The molecule has 3 nitrogen and oxygen atoms in total. The molecule has 0 saturated heterocycles. The number of hydrogen-bond acceptors (Lipinski definition) is 2. The Kier molecular flexibility index (Phi) is 4.02. The highest BCUT2D eigenvalue weighted by molar-refractivity contribution is 7.88. The summed E-state index contributed by atoms with van der Waals surface area (Å²) >= 11 is 0. The van der Waals surface area contributed by atoms with E-state index < -0.39 is 10.0 Å². The maximum atomic E-state index is 11.6. The van der Waals surface area contributed by atoms with Gasteiger partial charge in [-0.2, -0.15) is 0 Å². The molecule has 0 aromatic heterocycles. The fourth-order valence-corrected chi connectivity index (χ4v) is 2.74. The zero-order chi connectivity index (χ0) is 13.9. The molecule has 0 amide bonds. The number of sulfonamides is 1. The highest BCUT2D eigenvalue weighted by atomic mass is 32.2. The van der Waals surface area contributed by atoms with E-state index in [0.29, 0.717) is 0 Å². The van der Waals surface area contributed by atoms with Crippen molar-refractivity contribution >= 4 is 10.0 Å². The fourth-order valence-electron chi connectivity index (χ4n) is 2.04. The summed E-state index contributed by atoms with van der Waals surface area (Å²) in [6, 6.07) is 17.1. The first-order valence-electron chi connectivity index (χ1n) is 6.04. The van der Waals surface area contributed by atoms with Crippen LogP contribution in [0.4, 0.5) is 0 Å². The van der Waals surface area contributed by atoms with Crippen LogP contribution in [-0.2, 0) is 10.0 Å². The second kappa shape index (κ2) is 5.55. The largest absolute Gasteiger partial charge is 0.213 e. The van der Waals surface area contributed by atoms with Crippen molar-refractivity contribution in [2.45, 2.75) is 13.0 Å². The first kappa shape index (κ1) is 13.8. The van der Waals surface area contributed by atoms with E-state index in [2.05, 4.69) is 4.72 Å². The molecule has 0 aliphatic carbocycles. The van der Waals surface area contributed by atoms with Gasteiger partial charge < -0.3 is 0 Å². The minimum atomic E-state index is -3.28. The molecule has 0 heterocycles. The van der Waals surface area contributed by atoms with E-state index in [9.17, 15) is 8.42 Å². The Balaban J connectivity index is 2.46. The Morgan fingerprint density at radius 1 is 0.947 bits per heavy atom. The lowest BCUT2D eigenvalue weighted by molar-refractivity contribution is 0.578. The SMILES string of the molecule is Cc1cccc(C(NS(C)(=O)=O)c2ccccc2)c1. The summed E-state index contributed by atoms with van der Waals surface area (Å²) in [7, 11) is -3.28. The van der Waals surface area contributed by atoms with Gasteiger partial charge in [-0.3, -0.25) is 0 Å². The fraction of sp³-hybridized carbons (Fsp3) is 0.200. The highest BCUT2D eigenvalue weighted by Crippen LogP contribution is 2.23. The summed E-state index contributed by atoms with van der Waals surface area (Å²) in [5.74, 6) is 0. The minimum Gasteiger partial charge on any atom is -0.213 e. The molecule has 2 aromatic rings. The predicted octanol–water partition coefficient (Wildman–Crippen LogP) is 2.63. The average Bonchev–Trinajstić information content (AvgIpc) is 2.36. The highest BCUT2D eigenvalue weighted by Gasteiger charge is 2.17. The average molecular weight is 275 g/mol. The Labute approximate surface area is 114 Å². The van der Waals surface area contributed by atoms with Gasteiger partial charge in [0.1, 0.15) is 0 Å². The second-order valence-corrected chi connectivity index (χ2v) is 6.43. The van der Waals surface area contributed by atoms with Crippen LogP contribution in [0.15, 0.2) is 54.6 Å². The van der Waals surface area contributed by atoms with Crippen molar-refractivity contribution in [3.05, 3.63) is 71.3 Å². The summed E-state index contributed by atoms with van der Waals surface area (Å²) in [6.07, 6.45) is 1.18. The van der Waals surface area contributed by atoms with E-state index in [0.717, 1.165) is 16.7 Å². The van der Waals surface area contributed by atoms with Gasteiger partial charge in [-0.05, 0) is 18.1 Å². The zero-order valence-electron chi connectivity index (χ0n) is 11.0. The third kappa shape index (κ3) is 3.91. The Morgan fingerprint density at radius 2 is 1.58 bits per heavy atom. The lowest BCUT2D eigenvalue weighted by Crippen LogP contribution is -2.28. The Hall–Kier alpha value is -1.65. The molecule has 0 saturated carbocycles. The number of aryl methyl sites for hydroxylation is 1. The number of nitrogens with one attached hydrogen (secondary N) is 1. The van der Waals surface area contributed by atoms with Crippen LogP contribution < -0.4 is 4.72 Å². The molecule has 1 atom stereocenters. The zero-order valence-corrected chi connectivity index (χ0v) is 11.8. The molecular weight excluding hydrogens is 258 g/mol. The van der Waals surface area contributed by atoms with Gasteiger partial charge in [0.05, 0.1) is 12.3 Å². The molecule has 2 rings (SSSR count). The van der Waals surface area contributed by atoms with Crippen LogP contribution in [0.5, 0.6) is 0 Å². The van der Waals surface area contributed by atoms with E-state index in [1.54, 1.807) is 0 Å². The van der Waals surface area contributed by atoms with Gasteiger partial charge in [0.15, 0.2) is 0 Å². The molecule has 0 aliphatic heterocycles. The van der Waals surface area contributed by atoms with Crippen LogP contribution in [0.2, 0.25) is 0 Å². The van der Waals surface area contributed by atoms with Crippen molar-refractivity contribution in [1.29, 1.82) is 0 Å². The van der Waals surface area contributed by atoms with Gasteiger partial charge in [-0.15, -0.1) is 0 Å². The van der Waals surface area contributed by atoms with Crippen LogP contribution in [0.3, 0.4) is 0 Å². The van der Waals surface area contributed by atoms with Crippen LogP contribution in [0.1, 0.15) is 22.7 Å². The number of hydrogen-bond donors (Lipinski definition) is 1. The van der Waals surface area contributed by atoms with Crippen LogP contribution in [0, 0.1) is 6.92 Å². The lowest BCUT2D eigenvalue weighted by atomic mass is 9.98. The molecule has 0 radical (unpaired) electrons. The van der Waals surface area contributed by atoms with E-state index >= 15 is 0 Å². The van der Waals surface area contributed by atoms with Gasteiger partial charge >= 0.3 is 0 Å².